The largest absolute Gasteiger partial charge is 0.481 e. The molecule has 0 saturated carbocycles. The van der Waals surface area contributed by atoms with E-state index in [0.717, 1.165) is 43.0 Å². The highest BCUT2D eigenvalue weighted by atomic mass is 32.2. The highest BCUT2D eigenvalue weighted by Gasteiger charge is 2.27. The monoisotopic (exact) mass is 398 g/mol. The average Bonchev–Trinajstić information content (AvgIpc) is 3.28. The second-order valence-corrected chi connectivity index (χ2v) is 9.43. The van der Waals surface area contributed by atoms with Gasteiger partial charge in [0.1, 0.15) is 9.97 Å². The van der Waals surface area contributed by atoms with E-state index in [0.29, 0.717) is 4.88 Å². The van der Waals surface area contributed by atoms with Crippen molar-refractivity contribution in [2.24, 2.45) is 0 Å². The van der Waals surface area contributed by atoms with Gasteiger partial charge >= 0.3 is 5.97 Å². The smallest absolute Gasteiger partial charge is 0.308 e. The third kappa shape index (κ3) is 4.73. The van der Waals surface area contributed by atoms with Crippen molar-refractivity contribution in [2.45, 2.75) is 35.9 Å². The number of carboxylic acid groups (broad SMARTS) is 1. The molecule has 0 bridgehead atoms. The van der Waals surface area contributed by atoms with Crippen LogP contribution in [-0.4, -0.2) is 44.0 Å². The maximum atomic E-state index is 12.6. The van der Waals surface area contributed by atoms with Crippen LogP contribution >= 0.6 is 11.3 Å². The van der Waals surface area contributed by atoms with Crippen LogP contribution in [0.15, 0.2) is 39.2 Å². The number of nitrogens with zero attached hydrogens (tertiary/aromatic N) is 1. The van der Waals surface area contributed by atoms with Crippen LogP contribution in [0.3, 0.4) is 0 Å². The molecule has 2 aromatic heterocycles. The number of hydrogen-bond donors (Lipinski definition) is 2. The summed E-state index contributed by atoms with van der Waals surface area (Å²) in [6, 6.07) is 6.51. The molecule has 0 aromatic carbocycles. The molecule has 26 heavy (non-hydrogen) atoms. The average molecular weight is 399 g/mol. The van der Waals surface area contributed by atoms with Crippen molar-refractivity contribution in [3.05, 3.63) is 41.2 Å². The van der Waals surface area contributed by atoms with Gasteiger partial charge in [0.25, 0.3) is 0 Å². The van der Waals surface area contributed by atoms with Crippen molar-refractivity contribution in [3.8, 4) is 0 Å². The fourth-order valence-electron chi connectivity index (χ4n) is 3.13. The van der Waals surface area contributed by atoms with Gasteiger partial charge in [-0.15, -0.1) is 11.3 Å². The molecule has 0 spiro atoms. The van der Waals surface area contributed by atoms with Crippen LogP contribution in [0.2, 0.25) is 0 Å². The van der Waals surface area contributed by atoms with E-state index in [1.807, 2.05) is 6.07 Å². The summed E-state index contributed by atoms with van der Waals surface area (Å²) in [5.74, 6) is -0.237. The summed E-state index contributed by atoms with van der Waals surface area (Å²) < 4.78 is 33.5. The third-order valence-electron chi connectivity index (χ3n) is 4.40. The number of thiophene rings is 1. The molecule has 3 heterocycles. The second-order valence-electron chi connectivity index (χ2n) is 6.27. The first kappa shape index (κ1) is 19.1. The maximum absolute atomic E-state index is 12.6. The van der Waals surface area contributed by atoms with Gasteiger partial charge in [-0.05, 0) is 50.2 Å². The predicted molar refractivity (Wildman–Crippen MR) is 97.7 cm³/mol. The lowest BCUT2D eigenvalue weighted by molar-refractivity contribution is -0.136. The predicted octanol–water partition coefficient (Wildman–Crippen LogP) is 2.47. The van der Waals surface area contributed by atoms with E-state index in [9.17, 15) is 13.2 Å². The Morgan fingerprint density at radius 1 is 1.27 bits per heavy atom. The number of piperidine rings is 1. The van der Waals surface area contributed by atoms with E-state index < -0.39 is 16.0 Å². The number of likely N-dealkylation sites (tertiary alicyclic amines) is 1. The molecule has 3 rings (SSSR count). The van der Waals surface area contributed by atoms with Crippen LogP contribution in [0.5, 0.6) is 0 Å². The van der Waals surface area contributed by atoms with E-state index in [-0.39, 0.29) is 23.2 Å². The number of rotatable bonds is 8. The minimum atomic E-state index is -3.69. The van der Waals surface area contributed by atoms with Gasteiger partial charge < -0.3 is 9.52 Å². The Labute approximate surface area is 156 Å². The first-order valence-electron chi connectivity index (χ1n) is 8.53. The summed E-state index contributed by atoms with van der Waals surface area (Å²) in [7, 11) is -3.69. The SMILES string of the molecule is O=C(O)Cc1ccc(S(=O)(=O)NCC(c2ccco2)N2CCCCC2)s1. The molecule has 2 aromatic rings. The minimum Gasteiger partial charge on any atom is -0.481 e. The number of sulfonamides is 1. The summed E-state index contributed by atoms with van der Waals surface area (Å²) in [5.41, 5.74) is 0. The van der Waals surface area contributed by atoms with Crippen LogP contribution in [0.25, 0.3) is 0 Å². The summed E-state index contributed by atoms with van der Waals surface area (Å²) in [6.45, 7) is 2.03. The van der Waals surface area contributed by atoms with E-state index in [1.54, 1.807) is 18.4 Å². The van der Waals surface area contributed by atoms with E-state index >= 15 is 0 Å². The molecule has 9 heteroatoms. The normalized spacial score (nSPS) is 17.2. The van der Waals surface area contributed by atoms with Crippen molar-refractivity contribution >= 4 is 27.3 Å². The lowest BCUT2D eigenvalue weighted by atomic mass is 10.1. The van der Waals surface area contributed by atoms with Crippen LogP contribution in [-0.2, 0) is 21.2 Å². The highest BCUT2D eigenvalue weighted by molar-refractivity contribution is 7.91. The summed E-state index contributed by atoms with van der Waals surface area (Å²) >= 11 is 0.985. The summed E-state index contributed by atoms with van der Waals surface area (Å²) in [4.78, 5) is 13.5. The van der Waals surface area contributed by atoms with Crippen LogP contribution in [0, 0.1) is 0 Å². The molecule has 1 aliphatic heterocycles. The number of hydrogen-bond acceptors (Lipinski definition) is 6. The molecule has 7 nitrogen and oxygen atoms in total. The quantitative estimate of drug-likeness (QED) is 0.709. The maximum Gasteiger partial charge on any atom is 0.308 e. The van der Waals surface area contributed by atoms with Gasteiger partial charge in [-0.1, -0.05) is 6.42 Å². The van der Waals surface area contributed by atoms with Crippen LogP contribution in [0.1, 0.15) is 35.9 Å². The van der Waals surface area contributed by atoms with Crippen molar-refractivity contribution < 1.29 is 22.7 Å². The molecule has 1 fully saturated rings. The van der Waals surface area contributed by atoms with Gasteiger partial charge in [0, 0.05) is 11.4 Å². The molecule has 1 atom stereocenters. The molecule has 1 unspecified atom stereocenters. The molecule has 1 aliphatic rings. The van der Waals surface area contributed by atoms with Gasteiger partial charge in [0.05, 0.1) is 18.7 Å². The molecule has 0 aliphatic carbocycles. The number of aliphatic carboxylic acids is 1. The van der Waals surface area contributed by atoms with E-state index in [2.05, 4.69) is 9.62 Å². The second kappa shape index (κ2) is 8.34. The number of nitrogens with one attached hydrogen (secondary N) is 1. The number of carbonyl (C=O) groups is 1. The van der Waals surface area contributed by atoms with Crippen molar-refractivity contribution in [3.63, 3.8) is 0 Å². The number of furan rings is 1. The fourth-order valence-corrected chi connectivity index (χ4v) is 5.56. The Hall–Kier alpha value is -1.68. The zero-order chi connectivity index (χ0) is 18.6. The molecule has 0 radical (unpaired) electrons. The minimum absolute atomic E-state index is 0.130. The molecular formula is C17H22N2O5S2. The van der Waals surface area contributed by atoms with Crippen molar-refractivity contribution in [2.75, 3.05) is 19.6 Å². The van der Waals surface area contributed by atoms with Crippen LogP contribution < -0.4 is 4.72 Å². The molecule has 0 amide bonds. The topological polar surface area (TPSA) is 99.8 Å². The Kier molecular flexibility index (Phi) is 6.13. The molecule has 2 N–H and O–H groups in total. The zero-order valence-electron chi connectivity index (χ0n) is 14.3. The van der Waals surface area contributed by atoms with Gasteiger partial charge in [-0.3, -0.25) is 9.69 Å². The third-order valence-corrected chi connectivity index (χ3v) is 7.40. The van der Waals surface area contributed by atoms with Gasteiger partial charge in [-0.25, -0.2) is 13.1 Å². The first-order chi connectivity index (χ1) is 12.5. The Bertz CT molecular complexity index is 823. The van der Waals surface area contributed by atoms with Gasteiger partial charge in [0.2, 0.25) is 10.0 Å². The Morgan fingerprint density at radius 3 is 2.69 bits per heavy atom. The zero-order valence-corrected chi connectivity index (χ0v) is 15.9. The lowest BCUT2D eigenvalue weighted by Gasteiger charge is -2.33. The van der Waals surface area contributed by atoms with E-state index in [1.165, 1.54) is 12.5 Å². The van der Waals surface area contributed by atoms with Crippen molar-refractivity contribution in [1.29, 1.82) is 0 Å². The highest BCUT2D eigenvalue weighted by Crippen LogP contribution is 2.26. The summed E-state index contributed by atoms with van der Waals surface area (Å²) in [5, 5.41) is 8.83. The molecule has 1 saturated heterocycles. The van der Waals surface area contributed by atoms with Gasteiger partial charge in [0.15, 0.2) is 0 Å². The Balaban J connectivity index is 1.71. The number of carboxylic acids is 1. The fraction of sp³-hybridized carbons (Fsp3) is 0.471. The molecule has 142 valence electrons. The molecular weight excluding hydrogens is 376 g/mol. The van der Waals surface area contributed by atoms with Gasteiger partial charge in [-0.2, -0.15) is 0 Å². The van der Waals surface area contributed by atoms with Crippen LogP contribution in [0.4, 0.5) is 0 Å². The Morgan fingerprint density at radius 2 is 2.04 bits per heavy atom. The summed E-state index contributed by atoms with van der Waals surface area (Å²) in [6.07, 6.45) is 4.79. The lowest BCUT2D eigenvalue weighted by Crippen LogP contribution is -2.40. The standard InChI is InChI=1S/C17H22N2O5S2/c20-16(21)11-13-6-7-17(25-13)26(22,23)18-12-14(15-5-4-10-24-15)19-8-2-1-3-9-19/h4-7,10,14,18H,1-3,8-9,11-12H2,(H,20,21). The van der Waals surface area contributed by atoms with E-state index in [4.69, 9.17) is 9.52 Å². The van der Waals surface area contributed by atoms with Crippen molar-refractivity contribution in [1.82, 2.24) is 9.62 Å². The first-order valence-corrected chi connectivity index (χ1v) is 10.8.